The standard InChI is InChI=1S/C20H21N/c1-3-16-11-13-18(14-12-16)21-15(2)19-10-6-8-17-7-4-5-9-20(17)19/h4-15,21H,3H2,1-2H3. The first-order valence-electron chi connectivity index (χ1n) is 7.61. The monoisotopic (exact) mass is 275 g/mol. The molecular formula is C20H21N. The second kappa shape index (κ2) is 6.01. The first kappa shape index (κ1) is 13.7. The fourth-order valence-corrected chi connectivity index (χ4v) is 2.79. The van der Waals surface area contributed by atoms with Crippen LogP contribution in [-0.4, -0.2) is 0 Å². The molecule has 106 valence electrons. The second-order valence-corrected chi connectivity index (χ2v) is 5.48. The molecule has 3 aromatic carbocycles. The number of anilines is 1. The van der Waals surface area contributed by atoms with Gasteiger partial charge in [0.05, 0.1) is 0 Å². The molecule has 0 aromatic heterocycles. The van der Waals surface area contributed by atoms with Crippen LogP contribution in [0.2, 0.25) is 0 Å². The van der Waals surface area contributed by atoms with Gasteiger partial charge in [-0.1, -0.05) is 61.5 Å². The zero-order valence-corrected chi connectivity index (χ0v) is 12.6. The summed E-state index contributed by atoms with van der Waals surface area (Å²) in [4.78, 5) is 0. The van der Waals surface area contributed by atoms with Crippen molar-refractivity contribution < 1.29 is 0 Å². The maximum absolute atomic E-state index is 3.60. The first-order valence-corrected chi connectivity index (χ1v) is 7.61. The highest BCUT2D eigenvalue weighted by Crippen LogP contribution is 2.26. The van der Waals surface area contributed by atoms with Crippen molar-refractivity contribution in [1.29, 1.82) is 0 Å². The van der Waals surface area contributed by atoms with Crippen LogP contribution in [0.3, 0.4) is 0 Å². The summed E-state index contributed by atoms with van der Waals surface area (Å²) in [5.41, 5.74) is 3.89. The molecule has 1 unspecified atom stereocenters. The van der Waals surface area contributed by atoms with Crippen LogP contribution in [-0.2, 0) is 6.42 Å². The van der Waals surface area contributed by atoms with Crippen molar-refractivity contribution in [2.24, 2.45) is 0 Å². The molecule has 0 amide bonds. The fourth-order valence-electron chi connectivity index (χ4n) is 2.79. The predicted octanol–water partition coefficient (Wildman–Crippen LogP) is 5.58. The average Bonchev–Trinajstić information content (AvgIpc) is 2.55. The zero-order chi connectivity index (χ0) is 14.7. The van der Waals surface area contributed by atoms with Crippen molar-refractivity contribution in [3.63, 3.8) is 0 Å². The normalized spacial score (nSPS) is 12.3. The quantitative estimate of drug-likeness (QED) is 0.656. The van der Waals surface area contributed by atoms with Gasteiger partial charge in [-0.3, -0.25) is 0 Å². The number of rotatable bonds is 4. The summed E-state index contributed by atoms with van der Waals surface area (Å²) in [5.74, 6) is 0. The van der Waals surface area contributed by atoms with E-state index in [1.165, 1.54) is 27.6 Å². The van der Waals surface area contributed by atoms with E-state index in [-0.39, 0.29) is 6.04 Å². The molecule has 1 atom stereocenters. The first-order chi connectivity index (χ1) is 10.3. The summed E-state index contributed by atoms with van der Waals surface area (Å²) in [6, 6.07) is 24.1. The molecule has 0 fully saturated rings. The number of fused-ring (bicyclic) bond motifs is 1. The molecular weight excluding hydrogens is 254 g/mol. The average molecular weight is 275 g/mol. The largest absolute Gasteiger partial charge is 0.378 e. The molecule has 0 saturated heterocycles. The summed E-state index contributed by atoms with van der Waals surface area (Å²) in [5, 5.41) is 6.22. The Hall–Kier alpha value is -2.28. The van der Waals surface area contributed by atoms with E-state index < -0.39 is 0 Å². The Kier molecular flexibility index (Phi) is 3.92. The molecule has 0 heterocycles. The van der Waals surface area contributed by atoms with Crippen LogP contribution in [0.25, 0.3) is 10.8 Å². The van der Waals surface area contributed by atoms with Gasteiger partial charge in [-0.25, -0.2) is 0 Å². The summed E-state index contributed by atoms with van der Waals surface area (Å²) in [7, 11) is 0. The maximum atomic E-state index is 3.60. The van der Waals surface area contributed by atoms with Gasteiger partial charge < -0.3 is 5.32 Å². The highest BCUT2D eigenvalue weighted by atomic mass is 14.9. The van der Waals surface area contributed by atoms with Gasteiger partial charge in [0.2, 0.25) is 0 Å². The number of aryl methyl sites for hydroxylation is 1. The second-order valence-electron chi connectivity index (χ2n) is 5.48. The minimum atomic E-state index is 0.281. The van der Waals surface area contributed by atoms with Crippen LogP contribution in [0.15, 0.2) is 66.7 Å². The molecule has 0 spiro atoms. The van der Waals surface area contributed by atoms with Gasteiger partial charge in [-0.15, -0.1) is 0 Å². The zero-order valence-electron chi connectivity index (χ0n) is 12.6. The molecule has 0 aliphatic heterocycles. The number of benzene rings is 3. The molecule has 0 bridgehead atoms. The molecule has 1 heteroatoms. The van der Waals surface area contributed by atoms with Crippen LogP contribution >= 0.6 is 0 Å². The lowest BCUT2D eigenvalue weighted by atomic mass is 9.99. The van der Waals surface area contributed by atoms with Crippen molar-refractivity contribution in [3.05, 3.63) is 77.9 Å². The summed E-state index contributed by atoms with van der Waals surface area (Å²) < 4.78 is 0. The number of hydrogen-bond acceptors (Lipinski definition) is 1. The summed E-state index contributed by atoms with van der Waals surface area (Å²) in [6.07, 6.45) is 1.08. The minimum absolute atomic E-state index is 0.281. The van der Waals surface area contributed by atoms with Gasteiger partial charge >= 0.3 is 0 Å². The van der Waals surface area contributed by atoms with Crippen LogP contribution in [0.1, 0.15) is 31.0 Å². The van der Waals surface area contributed by atoms with Crippen LogP contribution < -0.4 is 5.32 Å². The highest BCUT2D eigenvalue weighted by molar-refractivity contribution is 5.86. The third-order valence-corrected chi connectivity index (χ3v) is 4.04. The Morgan fingerprint density at radius 1 is 0.857 bits per heavy atom. The Morgan fingerprint density at radius 2 is 1.57 bits per heavy atom. The Morgan fingerprint density at radius 3 is 2.33 bits per heavy atom. The Labute approximate surface area is 126 Å². The summed E-state index contributed by atoms with van der Waals surface area (Å²) in [6.45, 7) is 4.40. The third kappa shape index (κ3) is 2.92. The van der Waals surface area contributed by atoms with Crippen molar-refractivity contribution in [3.8, 4) is 0 Å². The molecule has 21 heavy (non-hydrogen) atoms. The van der Waals surface area contributed by atoms with Crippen molar-refractivity contribution in [2.45, 2.75) is 26.3 Å². The third-order valence-electron chi connectivity index (χ3n) is 4.04. The number of hydrogen-bond donors (Lipinski definition) is 1. The van der Waals surface area contributed by atoms with Crippen molar-refractivity contribution in [1.82, 2.24) is 0 Å². The van der Waals surface area contributed by atoms with Gasteiger partial charge in [0.1, 0.15) is 0 Å². The number of nitrogens with one attached hydrogen (secondary N) is 1. The fraction of sp³-hybridized carbons (Fsp3) is 0.200. The smallest absolute Gasteiger partial charge is 0.0491 e. The van der Waals surface area contributed by atoms with E-state index in [1.807, 2.05) is 0 Å². The van der Waals surface area contributed by atoms with Crippen molar-refractivity contribution >= 4 is 16.5 Å². The SMILES string of the molecule is CCc1ccc(NC(C)c2cccc3ccccc23)cc1. The molecule has 3 aromatic rings. The van der Waals surface area contributed by atoms with Crippen LogP contribution in [0, 0.1) is 0 Å². The van der Waals surface area contributed by atoms with Gasteiger partial charge in [0.25, 0.3) is 0 Å². The van der Waals surface area contributed by atoms with E-state index in [9.17, 15) is 0 Å². The van der Waals surface area contributed by atoms with E-state index in [0.717, 1.165) is 6.42 Å². The van der Waals surface area contributed by atoms with E-state index in [1.54, 1.807) is 0 Å². The van der Waals surface area contributed by atoms with E-state index in [4.69, 9.17) is 0 Å². The summed E-state index contributed by atoms with van der Waals surface area (Å²) >= 11 is 0. The molecule has 0 aliphatic carbocycles. The van der Waals surface area contributed by atoms with Gasteiger partial charge in [-0.05, 0) is 47.4 Å². The Balaban J connectivity index is 1.88. The molecule has 1 N–H and O–H groups in total. The molecule has 3 rings (SSSR count). The van der Waals surface area contributed by atoms with E-state index >= 15 is 0 Å². The Bertz CT molecular complexity index is 723. The molecule has 0 aliphatic rings. The molecule has 1 nitrogen and oxygen atoms in total. The van der Waals surface area contributed by atoms with Gasteiger partial charge in [-0.2, -0.15) is 0 Å². The van der Waals surface area contributed by atoms with Crippen LogP contribution in [0.5, 0.6) is 0 Å². The lowest BCUT2D eigenvalue weighted by molar-refractivity contribution is 0.894. The minimum Gasteiger partial charge on any atom is -0.378 e. The highest BCUT2D eigenvalue weighted by Gasteiger charge is 2.08. The van der Waals surface area contributed by atoms with Crippen LogP contribution in [0.4, 0.5) is 5.69 Å². The lowest BCUT2D eigenvalue weighted by Gasteiger charge is -2.18. The lowest BCUT2D eigenvalue weighted by Crippen LogP contribution is -2.07. The van der Waals surface area contributed by atoms with E-state index in [2.05, 4.69) is 85.9 Å². The van der Waals surface area contributed by atoms with E-state index in [0.29, 0.717) is 0 Å². The predicted molar refractivity (Wildman–Crippen MR) is 91.8 cm³/mol. The van der Waals surface area contributed by atoms with Crippen molar-refractivity contribution in [2.75, 3.05) is 5.32 Å². The topological polar surface area (TPSA) is 12.0 Å². The molecule has 0 saturated carbocycles. The molecule has 0 radical (unpaired) electrons. The van der Waals surface area contributed by atoms with Gasteiger partial charge in [0.15, 0.2) is 0 Å². The van der Waals surface area contributed by atoms with Gasteiger partial charge in [0, 0.05) is 11.7 Å². The maximum Gasteiger partial charge on any atom is 0.0491 e.